The van der Waals surface area contributed by atoms with Crippen molar-refractivity contribution in [1.82, 2.24) is 10.2 Å². The lowest BCUT2D eigenvalue weighted by atomic mass is 10.0. The summed E-state index contributed by atoms with van der Waals surface area (Å²) < 4.78 is 7.08. The first-order valence-electron chi connectivity index (χ1n) is 9.16. The third kappa shape index (κ3) is 4.47. The van der Waals surface area contributed by atoms with E-state index in [9.17, 15) is 19.5 Å². The van der Waals surface area contributed by atoms with Crippen LogP contribution in [0, 0.1) is 0 Å². The lowest BCUT2D eigenvalue weighted by Crippen LogP contribution is -2.70. The van der Waals surface area contributed by atoms with Gasteiger partial charge in [0.1, 0.15) is 29.3 Å². The molecule has 3 N–H and O–H groups in total. The van der Waals surface area contributed by atoms with Crippen LogP contribution in [0.2, 0.25) is 0 Å². The minimum absolute atomic E-state index is 0.0212. The molecule has 2 aliphatic rings. The van der Waals surface area contributed by atoms with Gasteiger partial charge in [-0.3, -0.25) is 15.0 Å². The second-order valence-corrected chi connectivity index (χ2v) is 8.95. The molecule has 1 fully saturated rings. The number of pyridine rings is 1. The molecule has 0 bridgehead atoms. The molecular formula is C19H25N4O5S+. The third-order valence-corrected chi connectivity index (χ3v) is 5.80. The van der Waals surface area contributed by atoms with E-state index >= 15 is 0 Å². The average Bonchev–Trinajstić information content (AvgIpc) is 2.63. The number of carbonyl (C=O) groups is 3. The molecule has 156 valence electrons. The number of hydrogen-bond acceptors (Lipinski definition) is 6. The van der Waals surface area contributed by atoms with Crippen molar-refractivity contribution in [2.75, 3.05) is 17.6 Å². The molecule has 1 aromatic heterocycles. The number of carboxylic acid groups (broad SMARTS) is 1. The number of ether oxygens (including phenoxy) is 1. The van der Waals surface area contributed by atoms with E-state index in [2.05, 4.69) is 10.6 Å². The molecule has 1 unspecified atom stereocenters. The normalized spacial score (nSPS) is 21.2. The quantitative estimate of drug-likeness (QED) is 0.482. The molecule has 1 aromatic rings. The Morgan fingerprint density at radius 3 is 2.72 bits per heavy atom. The summed E-state index contributed by atoms with van der Waals surface area (Å²) in [6.45, 7) is 5.49. The lowest BCUT2D eigenvalue weighted by molar-refractivity contribution is -0.657. The Kier molecular flexibility index (Phi) is 5.74. The SMILES string of the molecule is C[n+]1ccccc1NCC1=C(C(=O)O)N2C(=O)C(NC(=O)OC(C)(C)C)[C@H]2SC1. The van der Waals surface area contributed by atoms with E-state index in [4.69, 9.17) is 4.74 Å². The highest BCUT2D eigenvalue weighted by molar-refractivity contribution is 8.00. The van der Waals surface area contributed by atoms with Crippen molar-refractivity contribution in [3.63, 3.8) is 0 Å². The number of β-lactam (4-membered cyclic amide) rings is 1. The first-order valence-corrected chi connectivity index (χ1v) is 10.2. The number of nitrogens with zero attached hydrogens (tertiary/aromatic N) is 2. The Morgan fingerprint density at radius 2 is 2.10 bits per heavy atom. The molecule has 1 saturated heterocycles. The number of carbonyl (C=O) groups excluding carboxylic acids is 2. The Morgan fingerprint density at radius 1 is 1.38 bits per heavy atom. The predicted molar refractivity (Wildman–Crippen MR) is 107 cm³/mol. The monoisotopic (exact) mass is 421 g/mol. The van der Waals surface area contributed by atoms with Gasteiger partial charge in [0.2, 0.25) is 0 Å². The summed E-state index contributed by atoms with van der Waals surface area (Å²) in [6.07, 6.45) is 1.19. The zero-order valence-electron chi connectivity index (χ0n) is 16.8. The fourth-order valence-electron chi connectivity index (χ4n) is 3.16. The summed E-state index contributed by atoms with van der Waals surface area (Å²) >= 11 is 1.42. The van der Waals surface area contributed by atoms with Crippen LogP contribution in [-0.2, 0) is 21.4 Å². The second-order valence-electron chi connectivity index (χ2n) is 7.84. The molecule has 0 spiro atoms. The zero-order valence-corrected chi connectivity index (χ0v) is 17.6. The summed E-state index contributed by atoms with van der Waals surface area (Å²) in [5, 5.41) is 15.0. The number of thioether (sulfide) groups is 1. The van der Waals surface area contributed by atoms with E-state index in [0.717, 1.165) is 5.82 Å². The number of amides is 2. The van der Waals surface area contributed by atoms with Crippen LogP contribution in [0.15, 0.2) is 35.7 Å². The topological polar surface area (TPSA) is 112 Å². The maximum atomic E-state index is 12.6. The lowest BCUT2D eigenvalue weighted by Gasteiger charge is -2.49. The van der Waals surface area contributed by atoms with Crippen LogP contribution in [0.25, 0.3) is 0 Å². The molecule has 2 amide bonds. The summed E-state index contributed by atoms with van der Waals surface area (Å²) in [6, 6.07) is 4.86. The second kappa shape index (κ2) is 7.94. The zero-order chi connectivity index (χ0) is 21.3. The molecule has 10 heteroatoms. The maximum Gasteiger partial charge on any atom is 0.408 e. The average molecular weight is 421 g/mol. The van der Waals surface area contributed by atoms with E-state index < -0.39 is 35.0 Å². The van der Waals surface area contributed by atoms with Crippen LogP contribution in [0.1, 0.15) is 20.8 Å². The maximum absolute atomic E-state index is 12.6. The highest BCUT2D eigenvalue weighted by Gasteiger charge is 2.54. The Hall–Kier alpha value is -2.75. The molecule has 0 aliphatic carbocycles. The van der Waals surface area contributed by atoms with Gasteiger partial charge in [-0.15, -0.1) is 11.8 Å². The van der Waals surface area contributed by atoms with E-state index in [1.165, 1.54) is 16.7 Å². The minimum Gasteiger partial charge on any atom is -0.477 e. The van der Waals surface area contributed by atoms with Crippen molar-refractivity contribution in [1.29, 1.82) is 0 Å². The third-order valence-electron chi connectivity index (χ3n) is 4.46. The van der Waals surface area contributed by atoms with Crippen LogP contribution < -0.4 is 15.2 Å². The molecule has 2 atom stereocenters. The molecule has 2 aliphatic heterocycles. The Balaban J connectivity index is 1.72. The van der Waals surface area contributed by atoms with Crippen molar-refractivity contribution in [2.24, 2.45) is 7.05 Å². The van der Waals surface area contributed by atoms with Gasteiger partial charge in [-0.1, -0.05) is 6.07 Å². The Labute approximate surface area is 173 Å². The van der Waals surface area contributed by atoms with Gasteiger partial charge in [0, 0.05) is 17.4 Å². The van der Waals surface area contributed by atoms with Crippen molar-refractivity contribution >= 4 is 35.5 Å². The van der Waals surface area contributed by atoms with E-state index in [0.29, 0.717) is 17.9 Å². The minimum atomic E-state index is -1.16. The number of rotatable bonds is 5. The number of anilines is 1. The van der Waals surface area contributed by atoms with Crippen LogP contribution in [0.3, 0.4) is 0 Å². The largest absolute Gasteiger partial charge is 0.477 e. The fourth-order valence-corrected chi connectivity index (χ4v) is 4.50. The molecule has 0 radical (unpaired) electrons. The van der Waals surface area contributed by atoms with E-state index in [-0.39, 0.29) is 5.70 Å². The van der Waals surface area contributed by atoms with Gasteiger partial charge < -0.3 is 15.2 Å². The number of alkyl carbamates (subject to hydrolysis) is 1. The number of aryl methyl sites for hydroxylation is 1. The van der Waals surface area contributed by atoms with Gasteiger partial charge >= 0.3 is 12.1 Å². The van der Waals surface area contributed by atoms with Gasteiger partial charge in [-0.2, -0.15) is 0 Å². The van der Waals surface area contributed by atoms with Crippen molar-refractivity contribution in [3.05, 3.63) is 35.7 Å². The molecule has 29 heavy (non-hydrogen) atoms. The smallest absolute Gasteiger partial charge is 0.408 e. The van der Waals surface area contributed by atoms with Crippen LogP contribution >= 0.6 is 11.8 Å². The molecule has 0 saturated carbocycles. The van der Waals surface area contributed by atoms with Gasteiger partial charge in [0.15, 0.2) is 0 Å². The molecule has 3 heterocycles. The van der Waals surface area contributed by atoms with Crippen LogP contribution in [-0.4, -0.2) is 57.3 Å². The van der Waals surface area contributed by atoms with Crippen molar-refractivity contribution in [2.45, 2.75) is 37.8 Å². The molecule has 0 aromatic carbocycles. The highest BCUT2D eigenvalue weighted by Crippen LogP contribution is 2.40. The summed E-state index contributed by atoms with van der Waals surface area (Å²) in [7, 11) is 1.88. The van der Waals surface area contributed by atoms with Crippen LogP contribution in [0.5, 0.6) is 0 Å². The van der Waals surface area contributed by atoms with Crippen molar-refractivity contribution < 1.29 is 28.8 Å². The fraction of sp³-hybridized carbons (Fsp3) is 0.474. The molecular weight excluding hydrogens is 396 g/mol. The molecule has 9 nitrogen and oxygen atoms in total. The van der Waals surface area contributed by atoms with E-state index in [1.807, 2.05) is 36.0 Å². The summed E-state index contributed by atoms with van der Waals surface area (Å²) in [4.78, 5) is 37.7. The Bertz CT molecular complexity index is 880. The first kappa shape index (κ1) is 21.0. The number of carboxylic acids is 1. The number of aliphatic carboxylic acids is 1. The number of fused-ring (bicyclic) bond motifs is 1. The van der Waals surface area contributed by atoms with Gasteiger partial charge in [-0.05, 0) is 26.8 Å². The van der Waals surface area contributed by atoms with Gasteiger partial charge in [-0.25, -0.2) is 14.2 Å². The first-order chi connectivity index (χ1) is 13.6. The number of aromatic nitrogens is 1. The summed E-state index contributed by atoms with van der Waals surface area (Å²) in [5.41, 5.74) is -0.0896. The van der Waals surface area contributed by atoms with E-state index in [1.54, 1.807) is 20.8 Å². The number of hydrogen-bond donors (Lipinski definition) is 3. The standard InChI is InChI=1S/C19H24N4O5S/c1-19(2,3)28-18(27)21-13-15(24)23-14(17(25)26)11(10-29-16(13)23)9-20-12-7-5-6-8-22(12)4/h5-8,13,16H,9-10H2,1-4H3,(H2,21,25,26,27)/p+1/t13?,16-/m1/s1. The van der Waals surface area contributed by atoms with Crippen molar-refractivity contribution in [3.8, 4) is 0 Å². The summed E-state index contributed by atoms with van der Waals surface area (Å²) in [5.74, 6) is -0.343. The number of nitrogens with one attached hydrogen (secondary N) is 2. The van der Waals surface area contributed by atoms with Crippen LogP contribution in [0.4, 0.5) is 10.6 Å². The van der Waals surface area contributed by atoms with Gasteiger partial charge in [0.05, 0.1) is 13.2 Å². The highest BCUT2D eigenvalue weighted by atomic mass is 32.2. The molecule has 3 rings (SSSR count). The predicted octanol–water partition coefficient (Wildman–Crippen LogP) is 1.07. The van der Waals surface area contributed by atoms with Gasteiger partial charge in [0.25, 0.3) is 11.7 Å².